The zero-order valence-electron chi connectivity index (χ0n) is 13.5. The quantitative estimate of drug-likeness (QED) is 0.415. The van der Waals surface area contributed by atoms with Gasteiger partial charge in [0.2, 0.25) is 0 Å². The maximum absolute atomic E-state index is 5.47. The van der Waals surface area contributed by atoms with Gasteiger partial charge in [0, 0.05) is 44.8 Å². The Kier molecular flexibility index (Phi) is 8.55. The van der Waals surface area contributed by atoms with Crippen LogP contribution in [0.2, 0.25) is 0 Å². The number of aliphatic imine (C=N–C) groups is 1. The molecule has 0 amide bonds. The molecule has 0 bridgehead atoms. The van der Waals surface area contributed by atoms with Gasteiger partial charge in [-0.2, -0.15) is 16.9 Å². The molecule has 2 heterocycles. The Hall–Kier alpha value is -0.480. The summed E-state index contributed by atoms with van der Waals surface area (Å²) in [5, 5.41) is 10.9. The maximum Gasteiger partial charge on any atom is 0.191 e. The van der Waals surface area contributed by atoms with E-state index >= 15 is 0 Å². The Balaban J connectivity index is 0.00000242. The molecule has 126 valence electrons. The van der Waals surface area contributed by atoms with E-state index in [1.165, 1.54) is 0 Å². The first-order valence-electron chi connectivity index (χ1n) is 7.23. The van der Waals surface area contributed by atoms with Crippen molar-refractivity contribution in [1.82, 2.24) is 20.4 Å². The average Bonchev–Trinajstić information content (AvgIpc) is 2.94. The van der Waals surface area contributed by atoms with E-state index in [4.69, 9.17) is 4.74 Å². The fourth-order valence-electron chi connectivity index (χ4n) is 2.41. The SMILES string of the molecule is CN=C(NCc1ccnn1C)NCC1(SC)CCOCC1.I. The van der Waals surface area contributed by atoms with Crippen LogP contribution in [-0.2, 0) is 18.3 Å². The van der Waals surface area contributed by atoms with Gasteiger partial charge in [0.25, 0.3) is 0 Å². The van der Waals surface area contributed by atoms with Gasteiger partial charge in [-0.1, -0.05) is 0 Å². The molecule has 1 aromatic heterocycles. The van der Waals surface area contributed by atoms with Gasteiger partial charge in [-0.25, -0.2) is 0 Å². The lowest BCUT2D eigenvalue weighted by Crippen LogP contribution is -2.47. The van der Waals surface area contributed by atoms with Crippen LogP contribution >= 0.6 is 35.7 Å². The lowest BCUT2D eigenvalue weighted by molar-refractivity contribution is 0.0783. The monoisotopic (exact) mass is 439 g/mol. The molecule has 22 heavy (non-hydrogen) atoms. The van der Waals surface area contributed by atoms with Gasteiger partial charge in [-0.15, -0.1) is 24.0 Å². The highest BCUT2D eigenvalue weighted by molar-refractivity contribution is 14.0. The highest BCUT2D eigenvalue weighted by atomic mass is 127. The Labute approximate surface area is 153 Å². The second-order valence-electron chi connectivity index (χ2n) is 5.22. The number of hydrogen-bond donors (Lipinski definition) is 2. The lowest BCUT2D eigenvalue weighted by Gasteiger charge is -2.36. The van der Waals surface area contributed by atoms with Crippen molar-refractivity contribution in [3.63, 3.8) is 0 Å². The van der Waals surface area contributed by atoms with Crippen LogP contribution in [0.4, 0.5) is 0 Å². The first kappa shape index (κ1) is 19.6. The molecule has 0 radical (unpaired) electrons. The van der Waals surface area contributed by atoms with Gasteiger partial charge >= 0.3 is 0 Å². The van der Waals surface area contributed by atoms with E-state index in [9.17, 15) is 0 Å². The Morgan fingerprint density at radius 3 is 2.73 bits per heavy atom. The molecular formula is C14H26IN5OS. The van der Waals surface area contributed by atoms with E-state index in [0.717, 1.165) is 44.3 Å². The van der Waals surface area contributed by atoms with E-state index in [0.29, 0.717) is 6.54 Å². The van der Waals surface area contributed by atoms with Gasteiger partial charge in [0.15, 0.2) is 5.96 Å². The fraction of sp³-hybridized carbons (Fsp3) is 0.714. The van der Waals surface area contributed by atoms with Crippen LogP contribution in [0, 0.1) is 0 Å². The molecule has 0 saturated carbocycles. The lowest BCUT2D eigenvalue weighted by atomic mass is 9.99. The van der Waals surface area contributed by atoms with Crippen LogP contribution in [0.5, 0.6) is 0 Å². The number of rotatable bonds is 5. The molecular weight excluding hydrogens is 413 g/mol. The molecule has 1 aromatic rings. The minimum atomic E-state index is 0. The van der Waals surface area contributed by atoms with Crippen molar-refractivity contribution in [2.24, 2.45) is 12.0 Å². The summed E-state index contributed by atoms with van der Waals surface area (Å²) in [5.41, 5.74) is 1.13. The third-order valence-electron chi connectivity index (χ3n) is 4.00. The van der Waals surface area contributed by atoms with Crippen LogP contribution in [0.15, 0.2) is 17.3 Å². The predicted octanol–water partition coefficient (Wildman–Crippen LogP) is 1.62. The molecule has 0 atom stereocenters. The van der Waals surface area contributed by atoms with Crippen molar-refractivity contribution in [2.75, 3.05) is 33.1 Å². The molecule has 0 aromatic carbocycles. The molecule has 0 unspecified atom stereocenters. The zero-order chi connectivity index (χ0) is 15.1. The van der Waals surface area contributed by atoms with Crippen molar-refractivity contribution in [2.45, 2.75) is 24.1 Å². The summed E-state index contributed by atoms with van der Waals surface area (Å²) in [6.45, 7) is 3.32. The second kappa shape index (κ2) is 9.61. The van der Waals surface area contributed by atoms with E-state index in [1.807, 2.05) is 29.6 Å². The summed E-state index contributed by atoms with van der Waals surface area (Å²) in [5.74, 6) is 0.830. The zero-order valence-corrected chi connectivity index (χ0v) is 16.6. The largest absolute Gasteiger partial charge is 0.381 e. The van der Waals surface area contributed by atoms with Gasteiger partial charge in [-0.05, 0) is 25.2 Å². The van der Waals surface area contributed by atoms with Crippen molar-refractivity contribution in [3.05, 3.63) is 18.0 Å². The maximum atomic E-state index is 5.47. The number of nitrogens with zero attached hydrogens (tertiary/aromatic N) is 3. The number of ether oxygens (including phenoxy) is 1. The van der Waals surface area contributed by atoms with Crippen molar-refractivity contribution >= 4 is 41.7 Å². The molecule has 1 saturated heterocycles. The molecule has 0 aliphatic carbocycles. The topological polar surface area (TPSA) is 63.5 Å². The van der Waals surface area contributed by atoms with E-state index in [2.05, 4.69) is 27.0 Å². The van der Waals surface area contributed by atoms with Gasteiger partial charge in [0.05, 0.1) is 12.2 Å². The average molecular weight is 439 g/mol. The summed E-state index contributed by atoms with van der Waals surface area (Å²) in [6.07, 6.45) is 6.15. The summed E-state index contributed by atoms with van der Waals surface area (Å²) in [4.78, 5) is 4.29. The molecule has 0 spiro atoms. The first-order chi connectivity index (χ1) is 10.2. The fourth-order valence-corrected chi connectivity index (χ4v) is 3.20. The number of aryl methyl sites for hydroxylation is 1. The summed E-state index contributed by atoms with van der Waals surface area (Å²) in [7, 11) is 3.74. The van der Waals surface area contributed by atoms with Crippen molar-refractivity contribution in [1.29, 1.82) is 0 Å². The highest BCUT2D eigenvalue weighted by Crippen LogP contribution is 2.32. The molecule has 1 aliphatic heterocycles. The third kappa shape index (κ3) is 5.31. The van der Waals surface area contributed by atoms with Crippen LogP contribution in [-0.4, -0.2) is 53.5 Å². The van der Waals surface area contributed by atoms with E-state index < -0.39 is 0 Å². The Bertz CT molecular complexity index is 474. The van der Waals surface area contributed by atoms with Crippen LogP contribution < -0.4 is 10.6 Å². The van der Waals surface area contributed by atoms with Crippen LogP contribution in [0.3, 0.4) is 0 Å². The smallest absolute Gasteiger partial charge is 0.191 e. The number of halogens is 1. The summed E-state index contributed by atoms with van der Waals surface area (Å²) in [6, 6.07) is 2.00. The van der Waals surface area contributed by atoms with E-state index in [1.54, 1.807) is 13.2 Å². The highest BCUT2D eigenvalue weighted by Gasteiger charge is 2.31. The number of nitrogens with one attached hydrogen (secondary N) is 2. The van der Waals surface area contributed by atoms with Crippen LogP contribution in [0.25, 0.3) is 0 Å². The standard InChI is InChI=1S/C14H25N5OS.HI/c1-15-13(16-10-12-4-7-18-19(12)2)17-11-14(21-3)5-8-20-9-6-14;/h4,7H,5-6,8-11H2,1-3H3,(H2,15,16,17);1H. The molecule has 2 N–H and O–H groups in total. The van der Waals surface area contributed by atoms with Gasteiger partial charge < -0.3 is 15.4 Å². The first-order valence-corrected chi connectivity index (χ1v) is 8.46. The van der Waals surface area contributed by atoms with Crippen molar-refractivity contribution in [3.8, 4) is 0 Å². The van der Waals surface area contributed by atoms with Crippen molar-refractivity contribution < 1.29 is 4.74 Å². The summed E-state index contributed by atoms with van der Waals surface area (Å²) < 4.78 is 7.59. The molecule has 2 rings (SSSR count). The van der Waals surface area contributed by atoms with Gasteiger partial charge in [0.1, 0.15) is 0 Å². The summed E-state index contributed by atoms with van der Waals surface area (Å²) >= 11 is 1.92. The van der Waals surface area contributed by atoms with Gasteiger partial charge in [-0.3, -0.25) is 9.67 Å². The number of thioether (sulfide) groups is 1. The molecule has 8 heteroatoms. The predicted molar refractivity (Wildman–Crippen MR) is 103 cm³/mol. The second-order valence-corrected chi connectivity index (χ2v) is 6.50. The third-order valence-corrected chi connectivity index (χ3v) is 5.42. The number of hydrogen-bond acceptors (Lipinski definition) is 4. The van der Waals surface area contributed by atoms with E-state index in [-0.39, 0.29) is 28.7 Å². The molecule has 1 fully saturated rings. The minimum absolute atomic E-state index is 0. The normalized spacial score (nSPS) is 17.7. The van der Waals surface area contributed by atoms with Crippen LogP contribution in [0.1, 0.15) is 18.5 Å². The number of guanidine groups is 1. The minimum Gasteiger partial charge on any atom is -0.381 e. The Morgan fingerprint density at radius 2 is 2.18 bits per heavy atom. The molecule has 1 aliphatic rings. The molecule has 6 nitrogen and oxygen atoms in total. The number of aromatic nitrogens is 2. The Morgan fingerprint density at radius 1 is 1.45 bits per heavy atom.